The van der Waals surface area contributed by atoms with Gasteiger partial charge in [-0.25, -0.2) is 0 Å². The first-order valence-electron chi connectivity index (χ1n) is 7.36. The molecule has 0 aromatic heterocycles. The molecule has 2 nitrogen and oxygen atoms in total. The molecule has 0 saturated carbocycles. The second-order valence-corrected chi connectivity index (χ2v) is 5.52. The van der Waals surface area contributed by atoms with Crippen molar-refractivity contribution in [3.8, 4) is 0 Å². The summed E-state index contributed by atoms with van der Waals surface area (Å²) in [6.07, 6.45) is 7.90. The fourth-order valence-electron chi connectivity index (χ4n) is 2.81. The fourth-order valence-corrected chi connectivity index (χ4v) is 2.81. The molecule has 18 heavy (non-hydrogen) atoms. The molecule has 0 amide bonds. The van der Waals surface area contributed by atoms with E-state index >= 15 is 0 Å². The van der Waals surface area contributed by atoms with Gasteiger partial charge in [-0.3, -0.25) is 0 Å². The SMILES string of the molecule is NC(Cc1ccccc1)CN1CCCCCCC1. The van der Waals surface area contributed by atoms with E-state index in [0.717, 1.165) is 13.0 Å². The molecule has 2 heteroatoms. The monoisotopic (exact) mass is 246 g/mol. The number of nitrogens with zero attached hydrogens (tertiary/aromatic N) is 1. The van der Waals surface area contributed by atoms with E-state index < -0.39 is 0 Å². The molecule has 1 aromatic rings. The fraction of sp³-hybridized carbons (Fsp3) is 0.625. The lowest BCUT2D eigenvalue weighted by Crippen LogP contribution is -2.40. The maximum Gasteiger partial charge on any atom is 0.0208 e. The Balaban J connectivity index is 1.77. The van der Waals surface area contributed by atoms with E-state index in [4.69, 9.17) is 5.73 Å². The Labute approximate surface area is 111 Å². The first-order chi connectivity index (χ1) is 8.84. The summed E-state index contributed by atoms with van der Waals surface area (Å²) in [5, 5.41) is 0. The van der Waals surface area contributed by atoms with E-state index in [2.05, 4.69) is 35.2 Å². The maximum absolute atomic E-state index is 6.28. The number of likely N-dealkylation sites (tertiary alicyclic amines) is 1. The molecule has 0 radical (unpaired) electrons. The van der Waals surface area contributed by atoms with Gasteiger partial charge in [-0.15, -0.1) is 0 Å². The van der Waals surface area contributed by atoms with Crippen LogP contribution in [0.3, 0.4) is 0 Å². The largest absolute Gasteiger partial charge is 0.326 e. The standard InChI is InChI=1S/C16H26N2/c17-16(13-15-9-5-4-6-10-15)14-18-11-7-2-1-3-8-12-18/h4-6,9-10,16H,1-3,7-8,11-14,17H2. The highest BCUT2D eigenvalue weighted by Crippen LogP contribution is 2.11. The third kappa shape index (κ3) is 4.79. The second-order valence-electron chi connectivity index (χ2n) is 5.52. The molecule has 1 aliphatic rings. The molecule has 0 spiro atoms. The molecule has 1 saturated heterocycles. The number of nitrogens with two attached hydrogens (primary N) is 1. The van der Waals surface area contributed by atoms with Gasteiger partial charge in [0.05, 0.1) is 0 Å². The van der Waals surface area contributed by atoms with Gasteiger partial charge in [-0.1, -0.05) is 49.6 Å². The molecule has 1 aliphatic heterocycles. The number of hydrogen-bond acceptors (Lipinski definition) is 2. The molecule has 1 aromatic carbocycles. The minimum Gasteiger partial charge on any atom is -0.326 e. The van der Waals surface area contributed by atoms with Crippen molar-refractivity contribution in [2.45, 2.75) is 44.6 Å². The van der Waals surface area contributed by atoms with Crippen LogP contribution < -0.4 is 5.73 Å². The lowest BCUT2D eigenvalue weighted by atomic mass is 10.0. The Hall–Kier alpha value is -0.860. The van der Waals surface area contributed by atoms with Crippen molar-refractivity contribution >= 4 is 0 Å². The van der Waals surface area contributed by atoms with Crippen molar-refractivity contribution in [3.63, 3.8) is 0 Å². The Bertz CT molecular complexity index is 315. The normalized spacial score (nSPS) is 20.1. The molecule has 0 bridgehead atoms. The van der Waals surface area contributed by atoms with Crippen molar-refractivity contribution in [2.24, 2.45) is 5.73 Å². The molecule has 2 rings (SSSR count). The molecule has 2 N–H and O–H groups in total. The zero-order chi connectivity index (χ0) is 12.6. The molecular formula is C16H26N2. The Morgan fingerprint density at radius 1 is 0.944 bits per heavy atom. The zero-order valence-corrected chi connectivity index (χ0v) is 11.4. The molecule has 0 aliphatic carbocycles. The van der Waals surface area contributed by atoms with Crippen molar-refractivity contribution in [1.82, 2.24) is 4.90 Å². The Kier molecular flexibility index (Phi) is 5.69. The van der Waals surface area contributed by atoms with E-state index in [1.54, 1.807) is 0 Å². The molecular weight excluding hydrogens is 220 g/mol. The van der Waals surface area contributed by atoms with Crippen LogP contribution in [0.5, 0.6) is 0 Å². The van der Waals surface area contributed by atoms with Crippen LogP contribution >= 0.6 is 0 Å². The van der Waals surface area contributed by atoms with Gasteiger partial charge in [0.15, 0.2) is 0 Å². The highest BCUT2D eigenvalue weighted by molar-refractivity contribution is 5.15. The van der Waals surface area contributed by atoms with Gasteiger partial charge in [0, 0.05) is 12.6 Å². The van der Waals surface area contributed by atoms with Gasteiger partial charge >= 0.3 is 0 Å². The second kappa shape index (κ2) is 7.55. The lowest BCUT2D eigenvalue weighted by Gasteiger charge is -2.27. The smallest absolute Gasteiger partial charge is 0.0208 e. The zero-order valence-electron chi connectivity index (χ0n) is 11.4. The highest BCUT2D eigenvalue weighted by Gasteiger charge is 2.12. The Morgan fingerprint density at radius 3 is 2.22 bits per heavy atom. The summed E-state index contributed by atoms with van der Waals surface area (Å²) < 4.78 is 0. The van der Waals surface area contributed by atoms with Gasteiger partial charge in [-0.05, 0) is 37.9 Å². The van der Waals surface area contributed by atoms with Gasteiger partial charge < -0.3 is 10.6 Å². The van der Waals surface area contributed by atoms with Gasteiger partial charge in [-0.2, -0.15) is 0 Å². The summed E-state index contributed by atoms with van der Waals surface area (Å²) in [6.45, 7) is 3.53. The number of hydrogen-bond donors (Lipinski definition) is 1. The summed E-state index contributed by atoms with van der Waals surface area (Å²) in [5.41, 5.74) is 7.64. The van der Waals surface area contributed by atoms with Crippen LogP contribution in [0.15, 0.2) is 30.3 Å². The molecule has 1 heterocycles. The summed E-state index contributed by atoms with van der Waals surface area (Å²) in [6, 6.07) is 10.9. The van der Waals surface area contributed by atoms with Gasteiger partial charge in [0.2, 0.25) is 0 Å². The summed E-state index contributed by atoms with van der Waals surface area (Å²) in [5.74, 6) is 0. The van der Waals surface area contributed by atoms with Gasteiger partial charge in [0.1, 0.15) is 0 Å². The van der Waals surface area contributed by atoms with Crippen molar-refractivity contribution in [3.05, 3.63) is 35.9 Å². The van der Waals surface area contributed by atoms with E-state index in [9.17, 15) is 0 Å². The number of rotatable bonds is 4. The van der Waals surface area contributed by atoms with E-state index in [-0.39, 0.29) is 6.04 Å². The summed E-state index contributed by atoms with van der Waals surface area (Å²) in [4.78, 5) is 2.56. The van der Waals surface area contributed by atoms with Crippen molar-refractivity contribution < 1.29 is 0 Å². The van der Waals surface area contributed by atoms with Crippen LogP contribution in [0.4, 0.5) is 0 Å². The van der Waals surface area contributed by atoms with E-state index in [1.807, 2.05) is 0 Å². The number of benzene rings is 1. The Morgan fingerprint density at radius 2 is 1.56 bits per heavy atom. The van der Waals surface area contributed by atoms with Crippen LogP contribution in [0.1, 0.15) is 37.7 Å². The van der Waals surface area contributed by atoms with Crippen LogP contribution in [0, 0.1) is 0 Å². The average Bonchev–Trinajstić information content (AvgIpc) is 2.34. The third-order valence-electron chi connectivity index (χ3n) is 3.78. The quantitative estimate of drug-likeness (QED) is 0.885. The maximum atomic E-state index is 6.28. The van der Waals surface area contributed by atoms with E-state index in [0.29, 0.717) is 0 Å². The minimum absolute atomic E-state index is 0.270. The van der Waals surface area contributed by atoms with Crippen LogP contribution in [-0.4, -0.2) is 30.6 Å². The predicted octanol–water partition coefficient (Wildman–Crippen LogP) is 2.82. The topological polar surface area (TPSA) is 29.3 Å². The van der Waals surface area contributed by atoms with Crippen molar-refractivity contribution in [2.75, 3.05) is 19.6 Å². The average molecular weight is 246 g/mol. The first kappa shape index (κ1) is 13.6. The summed E-state index contributed by atoms with van der Waals surface area (Å²) in [7, 11) is 0. The minimum atomic E-state index is 0.270. The molecule has 1 unspecified atom stereocenters. The highest BCUT2D eigenvalue weighted by atomic mass is 15.1. The van der Waals surface area contributed by atoms with Crippen molar-refractivity contribution in [1.29, 1.82) is 0 Å². The van der Waals surface area contributed by atoms with Gasteiger partial charge in [0.25, 0.3) is 0 Å². The summed E-state index contributed by atoms with van der Waals surface area (Å²) >= 11 is 0. The third-order valence-corrected chi connectivity index (χ3v) is 3.78. The first-order valence-corrected chi connectivity index (χ1v) is 7.36. The molecule has 100 valence electrons. The van der Waals surface area contributed by atoms with Crippen LogP contribution in [-0.2, 0) is 6.42 Å². The van der Waals surface area contributed by atoms with Crippen LogP contribution in [0.25, 0.3) is 0 Å². The predicted molar refractivity (Wildman–Crippen MR) is 77.6 cm³/mol. The lowest BCUT2D eigenvalue weighted by molar-refractivity contribution is 0.233. The van der Waals surface area contributed by atoms with E-state index in [1.165, 1.54) is 50.8 Å². The molecule has 1 fully saturated rings. The van der Waals surface area contributed by atoms with Crippen LogP contribution in [0.2, 0.25) is 0 Å². The molecule has 1 atom stereocenters.